The highest BCUT2D eigenvalue weighted by Crippen LogP contribution is 2.16. The fourth-order valence-corrected chi connectivity index (χ4v) is 1.94. The molecular weight excluding hydrogens is 286 g/mol. The van der Waals surface area contributed by atoms with Crippen LogP contribution in [0.5, 0.6) is 0 Å². The number of carbonyl (C=O) groups excluding carboxylic acids is 2. The molecule has 0 saturated carbocycles. The van der Waals surface area contributed by atoms with Crippen LogP contribution in [0.15, 0.2) is 47.1 Å². The van der Waals surface area contributed by atoms with E-state index in [4.69, 9.17) is 9.15 Å². The monoisotopic (exact) mass is 303 g/mol. The Bertz CT molecular complexity index is 618. The molecule has 1 aromatic heterocycles. The second kappa shape index (κ2) is 7.42. The van der Waals surface area contributed by atoms with Gasteiger partial charge in [0.2, 0.25) is 0 Å². The van der Waals surface area contributed by atoms with Gasteiger partial charge >= 0.3 is 5.97 Å². The number of nitrogens with one attached hydrogen (secondary N) is 1. The van der Waals surface area contributed by atoms with Crippen molar-refractivity contribution < 1.29 is 23.5 Å². The van der Waals surface area contributed by atoms with E-state index in [1.807, 2.05) is 0 Å². The number of methoxy groups -OCH3 is 2. The van der Waals surface area contributed by atoms with Crippen LogP contribution in [0, 0.1) is 0 Å². The van der Waals surface area contributed by atoms with Crippen molar-refractivity contribution in [1.82, 2.24) is 5.32 Å². The zero-order valence-corrected chi connectivity index (χ0v) is 12.4. The van der Waals surface area contributed by atoms with E-state index in [9.17, 15) is 9.59 Å². The summed E-state index contributed by atoms with van der Waals surface area (Å²) in [6.45, 7) is 0.279. The Kier molecular flexibility index (Phi) is 5.32. The third-order valence-corrected chi connectivity index (χ3v) is 3.16. The smallest absolute Gasteiger partial charge is 0.337 e. The molecule has 116 valence electrons. The highest BCUT2D eigenvalue weighted by molar-refractivity contribution is 5.96. The average molecular weight is 303 g/mol. The Morgan fingerprint density at radius 3 is 2.36 bits per heavy atom. The van der Waals surface area contributed by atoms with Gasteiger partial charge in [0.1, 0.15) is 11.9 Å². The molecule has 0 bridgehead atoms. The molecule has 2 rings (SSSR count). The van der Waals surface area contributed by atoms with Crippen LogP contribution in [0.2, 0.25) is 0 Å². The van der Waals surface area contributed by atoms with E-state index in [-0.39, 0.29) is 18.6 Å². The lowest BCUT2D eigenvalue weighted by molar-refractivity contribution is 0.0600. The van der Waals surface area contributed by atoms with Crippen LogP contribution >= 0.6 is 0 Å². The molecule has 0 spiro atoms. The zero-order chi connectivity index (χ0) is 15.9. The molecule has 0 aliphatic rings. The standard InChI is InChI=1S/C16H17NO5/c1-20-14(13-4-3-9-22-13)10-17-15(18)11-5-7-12(8-6-11)16(19)21-2/h3-9,14H,10H2,1-2H3,(H,17,18)/t14-/m0/s1. The molecule has 6 nitrogen and oxygen atoms in total. The van der Waals surface area contributed by atoms with Crippen molar-refractivity contribution in [3.63, 3.8) is 0 Å². The second-order valence-electron chi connectivity index (χ2n) is 4.52. The zero-order valence-electron chi connectivity index (χ0n) is 12.4. The van der Waals surface area contributed by atoms with E-state index in [2.05, 4.69) is 10.1 Å². The third-order valence-electron chi connectivity index (χ3n) is 3.16. The summed E-state index contributed by atoms with van der Waals surface area (Å²) in [5.74, 6) is -0.0573. The molecule has 2 aromatic rings. The van der Waals surface area contributed by atoms with E-state index >= 15 is 0 Å². The number of hydrogen-bond donors (Lipinski definition) is 1. The van der Waals surface area contributed by atoms with Crippen LogP contribution in [0.1, 0.15) is 32.6 Å². The minimum absolute atomic E-state index is 0.259. The lowest BCUT2D eigenvalue weighted by atomic mass is 10.1. The highest BCUT2D eigenvalue weighted by Gasteiger charge is 2.15. The Balaban J connectivity index is 1.95. The summed E-state index contributed by atoms with van der Waals surface area (Å²) in [5.41, 5.74) is 0.839. The van der Waals surface area contributed by atoms with Gasteiger partial charge < -0.3 is 19.2 Å². The lowest BCUT2D eigenvalue weighted by Crippen LogP contribution is -2.29. The van der Waals surface area contributed by atoms with Crippen LogP contribution < -0.4 is 5.32 Å². The molecular formula is C16H17NO5. The number of hydrogen-bond acceptors (Lipinski definition) is 5. The van der Waals surface area contributed by atoms with Gasteiger partial charge in [-0.25, -0.2) is 4.79 Å². The predicted octanol–water partition coefficient (Wildman–Crippen LogP) is 2.18. The van der Waals surface area contributed by atoms with Gasteiger partial charge in [-0.2, -0.15) is 0 Å². The van der Waals surface area contributed by atoms with Crippen molar-refractivity contribution in [2.24, 2.45) is 0 Å². The summed E-state index contributed by atoms with van der Waals surface area (Å²) in [5, 5.41) is 2.76. The summed E-state index contributed by atoms with van der Waals surface area (Å²) in [7, 11) is 2.85. The van der Waals surface area contributed by atoms with Crippen molar-refractivity contribution in [2.75, 3.05) is 20.8 Å². The van der Waals surface area contributed by atoms with Gasteiger partial charge in [-0.1, -0.05) is 0 Å². The molecule has 22 heavy (non-hydrogen) atoms. The molecule has 0 unspecified atom stereocenters. The Labute approximate surface area is 128 Å². The van der Waals surface area contributed by atoms with Crippen molar-refractivity contribution in [1.29, 1.82) is 0 Å². The number of ether oxygens (including phenoxy) is 2. The third kappa shape index (κ3) is 3.73. The summed E-state index contributed by atoms with van der Waals surface area (Å²) in [4.78, 5) is 23.4. The Hall–Kier alpha value is -2.60. The van der Waals surface area contributed by atoms with Crippen LogP contribution in [-0.4, -0.2) is 32.6 Å². The Morgan fingerprint density at radius 2 is 1.82 bits per heavy atom. The minimum atomic E-state index is -0.441. The molecule has 0 saturated heterocycles. The number of benzene rings is 1. The number of rotatable bonds is 6. The van der Waals surface area contributed by atoms with Gasteiger partial charge in [-0.15, -0.1) is 0 Å². The van der Waals surface area contributed by atoms with E-state index in [1.54, 1.807) is 49.8 Å². The second-order valence-corrected chi connectivity index (χ2v) is 4.52. The first-order chi connectivity index (χ1) is 10.7. The molecule has 0 radical (unpaired) electrons. The van der Waals surface area contributed by atoms with Crippen molar-refractivity contribution in [2.45, 2.75) is 6.10 Å². The number of esters is 1. The minimum Gasteiger partial charge on any atom is -0.467 e. The Morgan fingerprint density at radius 1 is 1.14 bits per heavy atom. The van der Waals surface area contributed by atoms with Gasteiger partial charge in [0.25, 0.3) is 5.91 Å². The first kappa shape index (κ1) is 15.8. The van der Waals surface area contributed by atoms with Crippen LogP contribution in [0.25, 0.3) is 0 Å². The van der Waals surface area contributed by atoms with Gasteiger partial charge in [0.15, 0.2) is 0 Å². The van der Waals surface area contributed by atoms with E-state index < -0.39 is 5.97 Å². The van der Waals surface area contributed by atoms with Crippen LogP contribution in [0.3, 0.4) is 0 Å². The van der Waals surface area contributed by atoms with Crippen LogP contribution in [-0.2, 0) is 9.47 Å². The maximum atomic E-state index is 12.1. The van der Waals surface area contributed by atoms with E-state index in [0.29, 0.717) is 16.9 Å². The summed E-state index contributed by atoms with van der Waals surface area (Å²) in [6, 6.07) is 9.76. The number of amides is 1. The largest absolute Gasteiger partial charge is 0.467 e. The lowest BCUT2D eigenvalue weighted by Gasteiger charge is -2.13. The molecule has 1 amide bonds. The molecule has 6 heteroatoms. The first-order valence-electron chi connectivity index (χ1n) is 6.68. The maximum Gasteiger partial charge on any atom is 0.337 e. The molecule has 0 fully saturated rings. The van der Waals surface area contributed by atoms with Gasteiger partial charge in [-0.3, -0.25) is 4.79 Å². The first-order valence-corrected chi connectivity index (χ1v) is 6.68. The normalized spacial score (nSPS) is 11.7. The van der Waals surface area contributed by atoms with Crippen molar-refractivity contribution in [3.05, 3.63) is 59.5 Å². The predicted molar refractivity (Wildman–Crippen MR) is 78.6 cm³/mol. The molecule has 0 aliphatic heterocycles. The van der Waals surface area contributed by atoms with Crippen molar-refractivity contribution in [3.8, 4) is 0 Å². The molecule has 1 N–H and O–H groups in total. The van der Waals surface area contributed by atoms with E-state index in [0.717, 1.165) is 0 Å². The molecule has 0 aliphatic carbocycles. The summed E-state index contributed by atoms with van der Waals surface area (Å²) >= 11 is 0. The quantitative estimate of drug-likeness (QED) is 0.828. The fourth-order valence-electron chi connectivity index (χ4n) is 1.94. The molecule has 1 atom stereocenters. The topological polar surface area (TPSA) is 77.8 Å². The van der Waals surface area contributed by atoms with E-state index in [1.165, 1.54) is 7.11 Å². The SMILES string of the molecule is COC(=O)c1ccc(C(=O)NC[C@H](OC)c2ccco2)cc1. The highest BCUT2D eigenvalue weighted by atomic mass is 16.5. The van der Waals surface area contributed by atoms with Gasteiger partial charge in [0, 0.05) is 12.7 Å². The molecule has 1 heterocycles. The average Bonchev–Trinajstić information content (AvgIpc) is 3.09. The van der Waals surface area contributed by atoms with Crippen molar-refractivity contribution >= 4 is 11.9 Å². The number of carbonyl (C=O) groups is 2. The van der Waals surface area contributed by atoms with Gasteiger partial charge in [-0.05, 0) is 36.4 Å². The number of furan rings is 1. The summed E-state index contributed by atoms with van der Waals surface area (Å²) < 4.78 is 15.1. The van der Waals surface area contributed by atoms with Crippen LogP contribution in [0.4, 0.5) is 0 Å². The van der Waals surface area contributed by atoms with Gasteiger partial charge in [0.05, 0.1) is 25.5 Å². The molecule has 1 aromatic carbocycles. The maximum absolute atomic E-state index is 12.1. The summed E-state index contributed by atoms with van der Waals surface area (Å²) in [6.07, 6.45) is 1.20. The fraction of sp³-hybridized carbons (Fsp3) is 0.250.